The van der Waals surface area contributed by atoms with Gasteiger partial charge in [0.1, 0.15) is 0 Å². The topological polar surface area (TPSA) is 0 Å². The summed E-state index contributed by atoms with van der Waals surface area (Å²) in [6.45, 7) is 4.99. The van der Waals surface area contributed by atoms with Crippen LogP contribution in [0.2, 0.25) is 0 Å². The maximum atomic E-state index is 2.49. The molecule has 0 amide bonds. The van der Waals surface area contributed by atoms with Crippen LogP contribution < -0.4 is 0 Å². The van der Waals surface area contributed by atoms with E-state index in [1.807, 2.05) is 0 Å². The lowest BCUT2D eigenvalue weighted by molar-refractivity contribution is 0.0906. The molecule has 0 saturated heterocycles. The van der Waals surface area contributed by atoms with Crippen LogP contribution in [-0.2, 0) is 0 Å². The van der Waals surface area contributed by atoms with Crippen LogP contribution in [0.5, 0.6) is 0 Å². The molecular formula is C12H22. The zero-order valence-electron chi connectivity index (χ0n) is 8.60. The van der Waals surface area contributed by atoms with E-state index in [4.69, 9.17) is 0 Å². The minimum Gasteiger partial charge on any atom is -0.0620 e. The molecule has 2 saturated carbocycles. The Bertz CT molecular complexity index is 141. The second-order valence-electron chi connectivity index (χ2n) is 5.17. The number of hydrogen-bond acceptors (Lipinski definition) is 0. The predicted molar refractivity (Wildman–Crippen MR) is 53.1 cm³/mol. The van der Waals surface area contributed by atoms with Crippen LogP contribution in [0.3, 0.4) is 0 Å². The van der Waals surface area contributed by atoms with Gasteiger partial charge in [-0.25, -0.2) is 0 Å². The summed E-state index contributed by atoms with van der Waals surface area (Å²) in [5.74, 6) is 2.04. The van der Waals surface area contributed by atoms with Crippen molar-refractivity contribution < 1.29 is 0 Å². The molecule has 2 rings (SSSR count). The first kappa shape index (κ1) is 8.59. The van der Waals surface area contributed by atoms with Gasteiger partial charge >= 0.3 is 0 Å². The van der Waals surface area contributed by atoms with Crippen LogP contribution in [-0.4, -0.2) is 0 Å². The molecule has 2 atom stereocenters. The van der Waals surface area contributed by atoms with E-state index in [-0.39, 0.29) is 0 Å². The first-order valence-electron chi connectivity index (χ1n) is 5.76. The van der Waals surface area contributed by atoms with Crippen LogP contribution in [0.1, 0.15) is 58.8 Å². The molecule has 0 aromatic rings. The smallest absolute Gasteiger partial charge is 0.0246 e. The maximum absolute atomic E-state index is 2.49. The third-order valence-corrected chi connectivity index (χ3v) is 4.78. The number of hydrogen-bond donors (Lipinski definition) is 0. The van der Waals surface area contributed by atoms with Crippen molar-refractivity contribution in [2.45, 2.75) is 58.8 Å². The molecule has 0 aromatic heterocycles. The van der Waals surface area contributed by atoms with Gasteiger partial charge in [0, 0.05) is 0 Å². The van der Waals surface area contributed by atoms with Crippen molar-refractivity contribution in [3.8, 4) is 0 Å². The molecule has 0 N–H and O–H groups in total. The van der Waals surface area contributed by atoms with E-state index >= 15 is 0 Å². The molecule has 70 valence electrons. The zero-order chi connectivity index (χ0) is 8.60. The summed E-state index contributed by atoms with van der Waals surface area (Å²) < 4.78 is 0. The van der Waals surface area contributed by atoms with Gasteiger partial charge in [0.15, 0.2) is 0 Å². The quantitative estimate of drug-likeness (QED) is 0.510. The minimum absolute atomic E-state index is 0.790. The van der Waals surface area contributed by atoms with Crippen LogP contribution in [0.4, 0.5) is 0 Å². The Balaban J connectivity index is 2.14. The highest BCUT2D eigenvalue weighted by Gasteiger charge is 2.45. The molecule has 0 heterocycles. The molecule has 0 aromatic carbocycles. The van der Waals surface area contributed by atoms with Gasteiger partial charge in [-0.3, -0.25) is 0 Å². The number of rotatable bonds is 0. The Kier molecular flexibility index (Phi) is 2.18. The lowest BCUT2D eigenvalue weighted by Gasteiger charge is -2.41. The monoisotopic (exact) mass is 166 g/mol. The summed E-state index contributed by atoms with van der Waals surface area (Å²) in [6.07, 6.45) is 10.6. The van der Waals surface area contributed by atoms with Crippen LogP contribution in [0.15, 0.2) is 0 Å². The van der Waals surface area contributed by atoms with Gasteiger partial charge in [-0.1, -0.05) is 33.1 Å². The van der Waals surface area contributed by atoms with Crippen molar-refractivity contribution in [3.63, 3.8) is 0 Å². The molecule has 0 aliphatic heterocycles. The van der Waals surface area contributed by atoms with Crippen molar-refractivity contribution >= 4 is 0 Å². The fourth-order valence-corrected chi connectivity index (χ4v) is 3.76. The van der Waals surface area contributed by atoms with E-state index in [1.54, 1.807) is 0 Å². The van der Waals surface area contributed by atoms with Crippen molar-refractivity contribution in [1.29, 1.82) is 0 Å². The minimum atomic E-state index is 0.790. The highest BCUT2D eigenvalue weighted by atomic mass is 14.5. The van der Waals surface area contributed by atoms with E-state index in [1.165, 1.54) is 44.9 Å². The van der Waals surface area contributed by atoms with Gasteiger partial charge in [0.05, 0.1) is 0 Å². The molecular weight excluding hydrogens is 144 g/mol. The molecule has 1 spiro atoms. The third kappa shape index (κ3) is 1.11. The SMILES string of the molecule is C[C@@H]1CC[C@H](C)C12CCCCC2. The molecule has 0 heteroatoms. The van der Waals surface area contributed by atoms with Gasteiger partial charge in [0.2, 0.25) is 0 Å². The molecule has 0 nitrogen and oxygen atoms in total. The molecule has 0 unspecified atom stereocenters. The third-order valence-electron chi connectivity index (χ3n) is 4.78. The fourth-order valence-electron chi connectivity index (χ4n) is 3.76. The van der Waals surface area contributed by atoms with Crippen LogP contribution in [0.25, 0.3) is 0 Å². The standard InChI is InChI=1S/C12H22/c1-10-6-7-11(2)12(10)8-4-3-5-9-12/h10-11H,3-9H2,1-2H3/t10-,11+. The lowest BCUT2D eigenvalue weighted by Crippen LogP contribution is -2.31. The van der Waals surface area contributed by atoms with Gasteiger partial charge in [-0.05, 0) is 42.9 Å². The van der Waals surface area contributed by atoms with E-state index < -0.39 is 0 Å². The summed E-state index contributed by atoms with van der Waals surface area (Å²) >= 11 is 0. The maximum Gasteiger partial charge on any atom is -0.0246 e. The van der Waals surface area contributed by atoms with Gasteiger partial charge in [0.25, 0.3) is 0 Å². The van der Waals surface area contributed by atoms with Gasteiger partial charge < -0.3 is 0 Å². The van der Waals surface area contributed by atoms with Crippen molar-refractivity contribution in [3.05, 3.63) is 0 Å². The average molecular weight is 166 g/mol. The van der Waals surface area contributed by atoms with E-state index in [0.29, 0.717) is 0 Å². The van der Waals surface area contributed by atoms with Gasteiger partial charge in [-0.15, -0.1) is 0 Å². The molecule has 2 aliphatic carbocycles. The molecule has 2 fully saturated rings. The second-order valence-corrected chi connectivity index (χ2v) is 5.17. The summed E-state index contributed by atoms with van der Waals surface area (Å²) in [5, 5.41) is 0. The Morgan fingerprint density at radius 3 is 1.83 bits per heavy atom. The Labute approximate surface area is 76.7 Å². The van der Waals surface area contributed by atoms with Crippen molar-refractivity contribution in [1.82, 2.24) is 0 Å². The van der Waals surface area contributed by atoms with Crippen LogP contribution >= 0.6 is 0 Å². The largest absolute Gasteiger partial charge is 0.0620 e. The molecule has 12 heavy (non-hydrogen) atoms. The van der Waals surface area contributed by atoms with Crippen LogP contribution in [0, 0.1) is 17.3 Å². The molecule has 2 aliphatic rings. The van der Waals surface area contributed by atoms with E-state index in [9.17, 15) is 0 Å². The fraction of sp³-hybridized carbons (Fsp3) is 1.00. The summed E-state index contributed by atoms with van der Waals surface area (Å²) in [7, 11) is 0. The molecule has 0 radical (unpaired) electrons. The second kappa shape index (κ2) is 3.05. The highest BCUT2D eigenvalue weighted by Crippen LogP contribution is 2.55. The van der Waals surface area contributed by atoms with E-state index in [2.05, 4.69) is 13.8 Å². The summed E-state index contributed by atoms with van der Waals surface area (Å²) in [4.78, 5) is 0. The Morgan fingerprint density at radius 1 is 0.833 bits per heavy atom. The predicted octanol–water partition coefficient (Wildman–Crippen LogP) is 4.00. The van der Waals surface area contributed by atoms with Gasteiger partial charge in [-0.2, -0.15) is 0 Å². The highest BCUT2D eigenvalue weighted by molar-refractivity contribution is 4.95. The first-order valence-corrected chi connectivity index (χ1v) is 5.76. The summed E-state index contributed by atoms with van der Waals surface area (Å²) in [5.41, 5.74) is 0.790. The van der Waals surface area contributed by atoms with Crippen molar-refractivity contribution in [2.24, 2.45) is 17.3 Å². The molecule has 0 bridgehead atoms. The summed E-state index contributed by atoms with van der Waals surface area (Å²) in [6, 6.07) is 0. The Morgan fingerprint density at radius 2 is 1.33 bits per heavy atom. The lowest BCUT2D eigenvalue weighted by atomic mass is 9.64. The van der Waals surface area contributed by atoms with E-state index in [0.717, 1.165) is 17.3 Å². The first-order chi connectivity index (χ1) is 5.76. The Hall–Kier alpha value is 0. The van der Waals surface area contributed by atoms with Crippen molar-refractivity contribution in [2.75, 3.05) is 0 Å². The average Bonchev–Trinajstić information content (AvgIpc) is 2.36. The zero-order valence-corrected chi connectivity index (χ0v) is 8.60. The normalized spacial score (nSPS) is 40.5.